The summed E-state index contributed by atoms with van der Waals surface area (Å²) in [4.78, 5) is 27.9. The van der Waals surface area contributed by atoms with E-state index in [1.54, 1.807) is 13.0 Å². The molecule has 1 aliphatic rings. The predicted octanol–water partition coefficient (Wildman–Crippen LogP) is 3.54. The lowest BCUT2D eigenvalue weighted by atomic mass is 10.1. The summed E-state index contributed by atoms with van der Waals surface area (Å²) in [5, 5.41) is 3.09. The number of esters is 1. The lowest BCUT2D eigenvalue weighted by molar-refractivity contribution is -0.147. The van der Waals surface area contributed by atoms with E-state index in [1.807, 2.05) is 12.1 Å². The maximum Gasteiger partial charge on any atom is 0.306 e. The minimum atomic E-state index is -0.539. The summed E-state index contributed by atoms with van der Waals surface area (Å²) in [5.41, 5.74) is 1.44. The maximum absolute atomic E-state index is 11.9. The van der Waals surface area contributed by atoms with Crippen LogP contribution in [0.15, 0.2) is 24.3 Å². The Hall–Kier alpha value is -2.51. The number of nitrogens with one attached hydrogen (secondary N) is 1. The number of nitrogens with zero attached hydrogens (tertiary/aromatic N) is 1. The van der Waals surface area contributed by atoms with Crippen LogP contribution in [0.1, 0.15) is 17.7 Å². The average Bonchev–Trinajstić information content (AvgIpc) is 3.10. The zero-order valence-electron chi connectivity index (χ0n) is 14.4. The number of aryl methyl sites for hydroxylation is 2. The summed E-state index contributed by atoms with van der Waals surface area (Å²) < 4.78 is 15.5. The molecule has 2 heterocycles. The quantitative estimate of drug-likeness (QED) is 0.732. The summed E-state index contributed by atoms with van der Waals surface area (Å²) in [6, 6.07) is 6.95. The molecule has 0 atom stereocenters. The van der Waals surface area contributed by atoms with Gasteiger partial charge in [0.2, 0.25) is 6.79 Å². The molecule has 0 aliphatic carbocycles. The molecule has 0 saturated carbocycles. The van der Waals surface area contributed by atoms with Gasteiger partial charge >= 0.3 is 5.97 Å². The van der Waals surface area contributed by atoms with E-state index in [-0.39, 0.29) is 24.1 Å². The first-order chi connectivity index (χ1) is 12.9. The minimum Gasteiger partial charge on any atom is -0.456 e. The molecule has 0 saturated heterocycles. The van der Waals surface area contributed by atoms with Gasteiger partial charge in [-0.1, -0.05) is 29.3 Å². The molecule has 1 aromatic heterocycles. The number of fused-ring (bicyclic) bond motifs is 1. The fraction of sp³-hybridized carbons (Fsp3) is 0.278. The smallest absolute Gasteiger partial charge is 0.306 e. The lowest BCUT2D eigenvalue weighted by Crippen LogP contribution is -2.22. The van der Waals surface area contributed by atoms with Crippen molar-refractivity contribution in [1.29, 1.82) is 0 Å². The number of pyridine rings is 1. The topological polar surface area (TPSA) is 86.8 Å². The van der Waals surface area contributed by atoms with Crippen LogP contribution in [-0.2, 0) is 20.7 Å². The second-order valence-electron chi connectivity index (χ2n) is 5.78. The molecule has 0 bridgehead atoms. The zero-order chi connectivity index (χ0) is 19.4. The molecule has 1 amide bonds. The van der Waals surface area contributed by atoms with Gasteiger partial charge < -0.3 is 19.5 Å². The fourth-order valence-electron chi connectivity index (χ4n) is 2.38. The maximum atomic E-state index is 11.9. The Labute approximate surface area is 165 Å². The third-order valence-electron chi connectivity index (χ3n) is 3.78. The number of ether oxygens (including phenoxy) is 3. The van der Waals surface area contributed by atoms with E-state index < -0.39 is 18.5 Å². The summed E-state index contributed by atoms with van der Waals surface area (Å²) >= 11 is 11.9. The van der Waals surface area contributed by atoms with Gasteiger partial charge in [0.25, 0.3) is 5.91 Å². The number of amides is 1. The van der Waals surface area contributed by atoms with Crippen molar-refractivity contribution in [1.82, 2.24) is 4.98 Å². The van der Waals surface area contributed by atoms with E-state index in [9.17, 15) is 9.59 Å². The Morgan fingerprint density at radius 3 is 2.78 bits per heavy atom. The van der Waals surface area contributed by atoms with E-state index in [0.29, 0.717) is 28.6 Å². The van der Waals surface area contributed by atoms with Gasteiger partial charge in [0.05, 0.1) is 15.7 Å². The van der Waals surface area contributed by atoms with Crippen molar-refractivity contribution < 1.29 is 23.8 Å². The second kappa shape index (κ2) is 8.45. The SMILES string of the molecule is Cc1nc(NC(=O)COC(=O)CCc2ccc3c(c2)OCO3)c(Cl)cc1Cl. The van der Waals surface area contributed by atoms with Gasteiger partial charge in [0, 0.05) is 6.42 Å². The molecule has 1 aliphatic heterocycles. The van der Waals surface area contributed by atoms with Gasteiger partial charge in [-0.05, 0) is 37.1 Å². The molecule has 1 N–H and O–H groups in total. The van der Waals surface area contributed by atoms with Crippen molar-refractivity contribution >= 4 is 40.9 Å². The van der Waals surface area contributed by atoms with Crippen LogP contribution in [0.5, 0.6) is 11.5 Å². The van der Waals surface area contributed by atoms with Gasteiger partial charge in [-0.3, -0.25) is 9.59 Å². The van der Waals surface area contributed by atoms with E-state index in [1.165, 1.54) is 6.07 Å². The number of halogens is 2. The molecular weight excluding hydrogens is 395 g/mol. The number of hydrogen-bond donors (Lipinski definition) is 1. The van der Waals surface area contributed by atoms with E-state index in [2.05, 4.69) is 10.3 Å². The Morgan fingerprint density at radius 2 is 1.96 bits per heavy atom. The number of aromatic nitrogens is 1. The van der Waals surface area contributed by atoms with Crippen molar-refractivity contribution in [2.24, 2.45) is 0 Å². The Balaban J connectivity index is 1.45. The highest BCUT2D eigenvalue weighted by atomic mass is 35.5. The van der Waals surface area contributed by atoms with Crippen molar-refractivity contribution in [3.05, 3.63) is 45.6 Å². The Kier molecular flexibility index (Phi) is 6.03. The first-order valence-corrected chi connectivity index (χ1v) is 8.84. The Bertz CT molecular complexity index is 888. The van der Waals surface area contributed by atoms with Crippen LogP contribution in [0.3, 0.4) is 0 Å². The molecule has 9 heteroatoms. The molecule has 1 aromatic carbocycles. The van der Waals surface area contributed by atoms with Gasteiger partial charge in [-0.15, -0.1) is 0 Å². The monoisotopic (exact) mass is 410 g/mol. The molecule has 0 spiro atoms. The Morgan fingerprint density at radius 1 is 1.19 bits per heavy atom. The third kappa shape index (κ3) is 5.02. The molecule has 3 rings (SSSR count). The highest BCUT2D eigenvalue weighted by Gasteiger charge is 2.15. The molecule has 142 valence electrons. The first kappa shape index (κ1) is 19.3. The van der Waals surface area contributed by atoms with Crippen LogP contribution in [0.4, 0.5) is 5.82 Å². The molecular formula is C18H16Cl2N2O5. The summed E-state index contributed by atoms with van der Waals surface area (Å²) in [7, 11) is 0. The molecule has 2 aromatic rings. The van der Waals surface area contributed by atoms with Crippen molar-refractivity contribution in [2.45, 2.75) is 19.8 Å². The molecule has 27 heavy (non-hydrogen) atoms. The fourth-order valence-corrected chi connectivity index (χ4v) is 2.78. The highest BCUT2D eigenvalue weighted by molar-refractivity contribution is 6.36. The van der Waals surface area contributed by atoms with Gasteiger partial charge in [-0.2, -0.15) is 0 Å². The van der Waals surface area contributed by atoms with Crippen LogP contribution in [0.2, 0.25) is 10.0 Å². The summed E-state index contributed by atoms with van der Waals surface area (Å²) in [6.45, 7) is 1.45. The van der Waals surface area contributed by atoms with E-state index in [0.717, 1.165) is 5.56 Å². The molecule has 7 nitrogen and oxygen atoms in total. The molecule has 0 unspecified atom stereocenters. The summed E-state index contributed by atoms with van der Waals surface area (Å²) in [5.74, 6) is 0.474. The van der Waals surface area contributed by atoms with E-state index >= 15 is 0 Å². The number of benzene rings is 1. The van der Waals surface area contributed by atoms with Crippen LogP contribution in [0, 0.1) is 6.92 Å². The van der Waals surface area contributed by atoms with Crippen LogP contribution < -0.4 is 14.8 Å². The number of carbonyl (C=O) groups is 2. The normalized spacial score (nSPS) is 12.0. The van der Waals surface area contributed by atoms with Gasteiger partial charge in [-0.25, -0.2) is 4.98 Å². The average molecular weight is 411 g/mol. The van der Waals surface area contributed by atoms with Crippen LogP contribution >= 0.6 is 23.2 Å². The lowest BCUT2D eigenvalue weighted by Gasteiger charge is -2.09. The largest absolute Gasteiger partial charge is 0.456 e. The van der Waals surface area contributed by atoms with Crippen molar-refractivity contribution in [3.63, 3.8) is 0 Å². The molecule has 0 fully saturated rings. The minimum absolute atomic E-state index is 0.131. The number of hydrogen-bond acceptors (Lipinski definition) is 6. The van der Waals surface area contributed by atoms with Gasteiger partial charge in [0.15, 0.2) is 23.9 Å². The van der Waals surface area contributed by atoms with Crippen molar-refractivity contribution in [3.8, 4) is 11.5 Å². The highest BCUT2D eigenvalue weighted by Crippen LogP contribution is 2.32. The predicted molar refractivity (Wildman–Crippen MR) is 99.5 cm³/mol. The van der Waals surface area contributed by atoms with Crippen molar-refractivity contribution in [2.75, 3.05) is 18.7 Å². The number of carbonyl (C=O) groups excluding carboxylic acids is 2. The van der Waals surface area contributed by atoms with Gasteiger partial charge in [0.1, 0.15) is 0 Å². The second-order valence-corrected chi connectivity index (χ2v) is 6.60. The number of rotatable bonds is 6. The van der Waals surface area contributed by atoms with Crippen LogP contribution in [0.25, 0.3) is 0 Å². The van der Waals surface area contributed by atoms with Crippen LogP contribution in [-0.4, -0.2) is 30.3 Å². The standard InChI is InChI=1S/C18H16Cl2N2O5/c1-10-12(19)7-13(20)18(21-10)22-16(23)8-25-17(24)5-3-11-2-4-14-15(6-11)27-9-26-14/h2,4,6-7H,3,5,8-9H2,1H3,(H,21,22,23). The number of anilines is 1. The first-order valence-electron chi connectivity index (χ1n) is 8.09. The third-order valence-corrected chi connectivity index (χ3v) is 4.45. The summed E-state index contributed by atoms with van der Waals surface area (Å²) in [6.07, 6.45) is 0.590. The molecule has 0 radical (unpaired) electrons. The zero-order valence-corrected chi connectivity index (χ0v) is 15.9. The van der Waals surface area contributed by atoms with E-state index in [4.69, 9.17) is 37.4 Å².